The van der Waals surface area contributed by atoms with Gasteiger partial charge < -0.3 is 19.7 Å². The molecule has 8 nitrogen and oxygen atoms in total. The van der Waals surface area contributed by atoms with Gasteiger partial charge >= 0.3 is 6.09 Å². The fraction of sp³-hybridized carbons (Fsp3) is 0.350. The van der Waals surface area contributed by atoms with Crippen LogP contribution in [0.1, 0.15) is 30.4 Å². The molecule has 0 unspecified atom stereocenters. The second-order valence-electron chi connectivity index (χ2n) is 7.17. The number of carbonyl (C=O) groups excluding carboxylic acids is 2. The molecule has 2 amide bonds. The number of nitrogens with one attached hydrogen (secondary N) is 1. The molecule has 158 valence electrons. The van der Waals surface area contributed by atoms with Crippen LogP contribution in [0.25, 0.3) is 11.6 Å². The Morgan fingerprint density at radius 2 is 2.10 bits per heavy atom. The van der Waals surface area contributed by atoms with Crippen LogP contribution < -0.4 is 10.2 Å². The number of ether oxygens (including phenoxy) is 1. The monoisotopic (exact) mass is 418 g/mol. The van der Waals surface area contributed by atoms with Gasteiger partial charge in [0.05, 0.1) is 30.7 Å². The maximum Gasteiger partial charge on any atom is 0.414 e. The Bertz CT molecular complexity index is 1030. The van der Waals surface area contributed by atoms with E-state index in [-0.39, 0.29) is 36.9 Å². The van der Waals surface area contributed by atoms with Gasteiger partial charge in [-0.3, -0.25) is 9.69 Å². The third-order valence-corrected chi connectivity index (χ3v) is 5.15. The third kappa shape index (κ3) is 3.65. The van der Waals surface area contributed by atoms with Crippen molar-refractivity contribution in [2.24, 2.45) is 0 Å². The highest BCUT2D eigenvalue weighted by Crippen LogP contribution is 2.34. The predicted octanol–water partition coefficient (Wildman–Crippen LogP) is 2.06. The normalized spacial score (nSPS) is 18.1. The predicted molar refractivity (Wildman–Crippen MR) is 103 cm³/mol. The van der Waals surface area contributed by atoms with Gasteiger partial charge in [-0.1, -0.05) is 0 Å². The van der Waals surface area contributed by atoms with E-state index in [1.165, 1.54) is 6.92 Å². The molecule has 0 aliphatic carbocycles. The number of rotatable bonds is 5. The van der Waals surface area contributed by atoms with E-state index >= 15 is 0 Å². The molecule has 4 rings (SSSR count). The maximum absolute atomic E-state index is 14.9. The van der Waals surface area contributed by atoms with E-state index in [1.54, 1.807) is 16.8 Å². The first-order valence-corrected chi connectivity index (χ1v) is 9.45. The number of allylic oxidation sites excluding steroid dienone is 1. The summed E-state index contributed by atoms with van der Waals surface area (Å²) in [4.78, 5) is 28.4. The highest BCUT2D eigenvalue weighted by Gasteiger charge is 2.33. The molecule has 1 fully saturated rings. The molecule has 3 heterocycles. The van der Waals surface area contributed by atoms with Gasteiger partial charge in [0.25, 0.3) is 0 Å². The van der Waals surface area contributed by atoms with E-state index < -0.39 is 23.8 Å². The molecular formula is C20H20F2N4O4. The number of benzene rings is 1. The summed E-state index contributed by atoms with van der Waals surface area (Å²) in [6.07, 6.45) is 2.23. The number of hydrogen-bond donors (Lipinski definition) is 2. The summed E-state index contributed by atoms with van der Waals surface area (Å²) in [6.45, 7) is 1.77. The molecule has 0 radical (unpaired) electrons. The Balaban J connectivity index is 1.59. The zero-order valence-electron chi connectivity index (χ0n) is 16.2. The van der Waals surface area contributed by atoms with E-state index in [9.17, 15) is 23.5 Å². The van der Waals surface area contributed by atoms with Crippen molar-refractivity contribution >= 4 is 29.3 Å². The van der Waals surface area contributed by atoms with Crippen LogP contribution in [-0.4, -0.2) is 45.9 Å². The van der Waals surface area contributed by atoms with Gasteiger partial charge in [0.2, 0.25) is 5.91 Å². The molecule has 2 N–H and O–H groups in total. The van der Waals surface area contributed by atoms with Crippen molar-refractivity contribution in [1.29, 1.82) is 0 Å². The van der Waals surface area contributed by atoms with E-state index in [0.29, 0.717) is 30.1 Å². The third-order valence-electron chi connectivity index (χ3n) is 5.15. The van der Waals surface area contributed by atoms with Crippen molar-refractivity contribution in [2.45, 2.75) is 32.6 Å². The minimum Gasteiger partial charge on any atom is -0.442 e. The molecule has 2 aliphatic heterocycles. The summed E-state index contributed by atoms with van der Waals surface area (Å²) in [7, 11) is 0. The second-order valence-corrected chi connectivity index (χ2v) is 7.17. The smallest absolute Gasteiger partial charge is 0.414 e. The Labute approximate surface area is 170 Å². The fourth-order valence-electron chi connectivity index (χ4n) is 3.73. The first kappa shape index (κ1) is 20.0. The molecular weight excluding hydrogens is 398 g/mol. The van der Waals surface area contributed by atoms with Crippen LogP contribution in [0, 0.1) is 11.6 Å². The van der Waals surface area contributed by atoms with Gasteiger partial charge in [0.1, 0.15) is 30.2 Å². The molecule has 1 saturated heterocycles. The van der Waals surface area contributed by atoms with Crippen LogP contribution in [0.2, 0.25) is 0 Å². The number of aliphatic hydroxyl groups is 1. The molecule has 2 aliphatic rings. The lowest BCUT2D eigenvalue weighted by molar-refractivity contribution is -0.119. The van der Waals surface area contributed by atoms with Crippen molar-refractivity contribution in [2.75, 3.05) is 18.0 Å². The topological polar surface area (TPSA) is 96.7 Å². The minimum absolute atomic E-state index is 0.0492. The first-order chi connectivity index (χ1) is 14.4. The Morgan fingerprint density at radius 1 is 1.37 bits per heavy atom. The largest absolute Gasteiger partial charge is 0.442 e. The number of fused-ring (bicyclic) bond motifs is 1. The molecule has 2 aromatic rings. The molecule has 1 atom stereocenters. The maximum atomic E-state index is 14.9. The standard InChI is InChI=1S/C20H20F2N4O4/c1-11(28)23-8-15-9-26(20(29)30-15)13-5-16(21)19(17(22)6-13)12-2-3-25-14(4-12)7-24-18(25)10-27/h4-7,15,27H,2-3,8-10H2,1H3,(H,23,28)/t15-/m0/s1. The highest BCUT2D eigenvalue weighted by molar-refractivity contribution is 5.91. The van der Waals surface area contributed by atoms with Crippen molar-refractivity contribution in [3.8, 4) is 0 Å². The van der Waals surface area contributed by atoms with Gasteiger partial charge in [-0.15, -0.1) is 0 Å². The van der Waals surface area contributed by atoms with Gasteiger partial charge in [-0.05, 0) is 30.2 Å². The lowest BCUT2D eigenvalue weighted by atomic mass is 9.97. The quantitative estimate of drug-likeness (QED) is 0.775. The van der Waals surface area contributed by atoms with Gasteiger partial charge in [0.15, 0.2) is 0 Å². The Morgan fingerprint density at radius 3 is 2.77 bits per heavy atom. The zero-order chi connectivity index (χ0) is 21.4. The summed E-state index contributed by atoms with van der Waals surface area (Å²) in [5.41, 5.74) is 1.03. The fourth-order valence-corrected chi connectivity index (χ4v) is 3.73. The molecule has 10 heteroatoms. The van der Waals surface area contributed by atoms with Crippen molar-refractivity contribution in [3.63, 3.8) is 0 Å². The van der Waals surface area contributed by atoms with Crippen LogP contribution in [0.3, 0.4) is 0 Å². The summed E-state index contributed by atoms with van der Waals surface area (Å²) < 4.78 is 36.7. The van der Waals surface area contributed by atoms with Crippen LogP contribution in [0.4, 0.5) is 19.3 Å². The van der Waals surface area contributed by atoms with Crippen molar-refractivity contribution in [1.82, 2.24) is 14.9 Å². The highest BCUT2D eigenvalue weighted by atomic mass is 19.1. The second kappa shape index (κ2) is 7.86. The molecule has 1 aromatic heterocycles. The number of amides is 2. The summed E-state index contributed by atoms with van der Waals surface area (Å²) >= 11 is 0. The number of anilines is 1. The zero-order valence-corrected chi connectivity index (χ0v) is 16.2. The van der Waals surface area contributed by atoms with E-state index in [4.69, 9.17) is 4.74 Å². The Hall–Kier alpha value is -3.27. The van der Waals surface area contributed by atoms with Gasteiger partial charge in [-0.2, -0.15) is 0 Å². The lowest BCUT2D eigenvalue weighted by Crippen LogP contribution is -2.33. The first-order valence-electron chi connectivity index (χ1n) is 9.45. The molecule has 30 heavy (non-hydrogen) atoms. The van der Waals surface area contributed by atoms with Gasteiger partial charge in [-0.25, -0.2) is 18.6 Å². The summed E-state index contributed by atoms with van der Waals surface area (Å²) in [5.74, 6) is -1.34. The Kier molecular flexibility index (Phi) is 5.25. The average molecular weight is 418 g/mol. The molecule has 1 aromatic carbocycles. The summed E-state index contributed by atoms with van der Waals surface area (Å²) in [6, 6.07) is 2.21. The lowest BCUT2D eigenvalue weighted by Gasteiger charge is -2.20. The van der Waals surface area contributed by atoms with E-state index in [1.807, 2.05) is 0 Å². The number of imidazole rings is 1. The average Bonchev–Trinajstić information content (AvgIpc) is 3.28. The number of hydrogen-bond acceptors (Lipinski definition) is 5. The van der Waals surface area contributed by atoms with Crippen molar-refractivity contribution < 1.29 is 28.2 Å². The number of carbonyl (C=O) groups is 2. The van der Waals surface area contributed by atoms with Gasteiger partial charge in [0, 0.05) is 19.0 Å². The summed E-state index contributed by atoms with van der Waals surface area (Å²) in [5, 5.41) is 11.8. The van der Waals surface area contributed by atoms with Crippen LogP contribution in [-0.2, 0) is 22.7 Å². The number of nitrogens with zero attached hydrogens (tertiary/aromatic N) is 3. The van der Waals surface area contributed by atoms with Crippen LogP contribution in [0.15, 0.2) is 18.3 Å². The SMILES string of the molecule is CC(=O)NC[C@H]1CN(c2cc(F)c(C3=Cc4cnc(CO)n4CC3)c(F)c2)C(=O)O1. The molecule has 0 saturated carbocycles. The van der Waals surface area contributed by atoms with E-state index in [2.05, 4.69) is 10.3 Å². The number of halogens is 2. The van der Waals surface area contributed by atoms with Crippen molar-refractivity contribution in [3.05, 3.63) is 47.0 Å². The van der Waals surface area contributed by atoms with Crippen LogP contribution in [0.5, 0.6) is 0 Å². The number of cyclic esters (lactones) is 1. The molecule has 0 bridgehead atoms. The number of aromatic nitrogens is 2. The minimum atomic E-state index is -0.787. The number of aliphatic hydroxyl groups excluding tert-OH is 1. The van der Waals surface area contributed by atoms with E-state index in [0.717, 1.165) is 17.0 Å². The molecule has 0 spiro atoms. The van der Waals surface area contributed by atoms with Crippen LogP contribution >= 0.6 is 0 Å².